The summed E-state index contributed by atoms with van der Waals surface area (Å²) in [5.74, 6) is 0.329. The van der Waals surface area contributed by atoms with Gasteiger partial charge in [0, 0.05) is 51.0 Å². The summed E-state index contributed by atoms with van der Waals surface area (Å²) >= 11 is 0. The molecule has 5 aromatic rings. The number of hydrogen-bond acceptors (Lipinski definition) is 4. The molecule has 3 heterocycles. The van der Waals surface area contributed by atoms with Crippen molar-refractivity contribution in [2.24, 2.45) is 0 Å². The van der Waals surface area contributed by atoms with Crippen LogP contribution in [0.1, 0.15) is 24.0 Å². The Bertz CT molecular complexity index is 1640. The van der Waals surface area contributed by atoms with E-state index in [1.165, 1.54) is 6.07 Å². The SMILES string of the molecule is Cc1cc(-c2c(-c3ccccc3)nc3[nH]ccc(=O)c3c2CS(=O)C2CC2)cc2cccnc12. The molecule has 0 saturated heterocycles. The predicted molar refractivity (Wildman–Crippen MR) is 138 cm³/mol. The first kappa shape index (κ1) is 20.9. The molecule has 6 heteroatoms. The van der Waals surface area contributed by atoms with E-state index in [9.17, 15) is 9.00 Å². The number of aromatic nitrogens is 3. The highest BCUT2D eigenvalue weighted by Crippen LogP contribution is 2.40. The molecule has 6 rings (SSSR count). The van der Waals surface area contributed by atoms with Crippen molar-refractivity contribution in [3.8, 4) is 22.4 Å². The van der Waals surface area contributed by atoms with E-state index in [1.54, 1.807) is 12.4 Å². The van der Waals surface area contributed by atoms with Gasteiger partial charge in [-0.3, -0.25) is 14.0 Å². The van der Waals surface area contributed by atoms with E-state index in [2.05, 4.69) is 22.1 Å². The predicted octanol–water partition coefficient (Wildman–Crippen LogP) is 5.52. The number of nitrogens with zero attached hydrogens (tertiary/aromatic N) is 2. The summed E-state index contributed by atoms with van der Waals surface area (Å²) in [5.41, 5.74) is 6.77. The number of aromatic amines is 1. The van der Waals surface area contributed by atoms with Crippen LogP contribution in [0.25, 0.3) is 44.3 Å². The van der Waals surface area contributed by atoms with Crippen molar-refractivity contribution >= 4 is 32.7 Å². The van der Waals surface area contributed by atoms with Crippen LogP contribution in [0.4, 0.5) is 0 Å². The van der Waals surface area contributed by atoms with Crippen LogP contribution in [-0.2, 0) is 16.6 Å². The van der Waals surface area contributed by atoms with E-state index in [-0.39, 0.29) is 10.7 Å². The lowest BCUT2D eigenvalue weighted by molar-refractivity contribution is 0.682. The molecule has 1 aliphatic carbocycles. The van der Waals surface area contributed by atoms with Gasteiger partial charge in [-0.25, -0.2) is 4.98 Å². The highest BCUT2D eigenvalue weighted by atomic mass is 32.2. The van der Waals surface area contributed by atoms with Gasteiger partial charge in [-0.15, -0.1) is 0 Å². The zero-order valence-electron chi connectivity index (χ0n) is 18.7. The molecule has 1 atom stereocenters. The number of H-pyrrole nitrogens is 1. The van der Waals surface area contributed by atoms with E-state index < -0.39 is 10.8 Å². The fourth-order valence-corrected chi connectivity index (χ4v) is 6.12. The number of rotatable bonds is 5. The van der Waals surface area contributed by atoms with Gasteiger partial charge in [0.05, 0.1) is 22.3 Å². The van der Waals surface area contributed by atoms with Gasteiger partial charge < -0.3 is 4.98 Å². The molecule has 0 bridgehead atoms. The van der Waals surface area contributed by atoms with Gasteiger partial charge in [-0.1, -0.05) is 36.4 Å². The molecule has 0 aliphatic heterocycles. The topological polar surface area (TPSA) is 75.7 Å². The monoisotopic (exact) mass is 465 g/mol. The van der Waals surface area contributed by atoms with Crippen molar-refractivity contribution in [3.63, 3.8) is 0 Å². The molecule has 1 aliphatic rings. The van der Waals surface area contributed by atoms with E-state index in [0.717, 1.165) is 57.3 Å². The molecular weight excluding hydrogens is 442 g/mol. The summed E-state index contributed by atoms with van der Waals surface area (Å²) in [4.78, 5) is 25.8. The number of aryl methyl sites for hydroxylation is 1. The summed E-state index contributed by atoms with van der Waals surface area (Å²) in [7, 11) is -1.05. The van der Waals surface area contributed by atoms with Gasteiger partial charge in [0.2, 0.25) is 0 Å². The van der Waals surface area contributed by atoms with Crippen LogP contribution in [0.2, 0.25) is 0 Å². The Morgan fingerprint density at radius 3 is 2.65 bits per heavy atom. The maximum atomic E-state index is 13.2. The van der Waals surface area contributed by atoms with Gasteiger partial charge in [0.25, 0.3) is 0 Å². The van der Waals surface area contributed by atoms with Crippen LogP contribution in [0.5, 0.6) is 0 Å². The Morgan fingerprint density at radius 2 is 1.85 bits per heavy atom. The Kier molecular flexibility index (Phi) is 5.11. The molecule has 1 unspecified atom stereocenters. The summed E-state index contributed by atoms with van der Waals surface area (Å²) in [6.45, 7) is 2.05. The number of fused-ring (bicyclic) bond motifs is 2. The summed E-state index contributed by atoms with van der Waals surface area (Å²) in [5, 5.41) is 1.75. The Hall–Kier alpha value is -3.64. The first-order valence-electron chi connectivity index (χ1n) is 11.4. The Morgan fingerprint density at radius 1 is 1.03 bits per heavy atom. The number of nitrogens with one attached hydrogen (secondary N) is 1. The fourth-order valence-electron chi connectivity index (χ4n) is 4.65. The minimum absolute atomic E-state index is 0.107. The van der Waals surface area contributed by atoms with Gasteiger partial charge >= 0.3 is 0 Å². The van der Waals surface area contributed by atoms with Gasteiger partial charge in [0.15, 0.2) is 5.43 Å². The molecule has 0 radical (unpaired) electrons. The minimum Gasteiger partial charge on any atom is -0.346 e. The van der Waals surface area contributed by atoms with Crippen molar-refractivity contribution < 1.29 is 4.21 Å². The highest BCUT2D eigenvalue weighted by molar-refractivity contribution is 7.85. The Labute approximate surface area is 199 Å². The standard InChI is InChI=1S/C28H23N3O2S/c1-17-14-20(15-19-8-5-12-29-26(17)19)24-22(16-34(33)21-9-10-21)25-23(32)11-13-30-28(25)31-27(24)18-6-3-2-4-7-18/h2-8,11-15,21H,9-10,16H2,1H3,(H,30,31,32). The molecule has 34 heavy (non-hydrogen) atoms. The van der Waals surface area contributed by atoms with Crippen LogP contribution in [-0.4, -0.2) is 24.4 Å². The van der Waals surface area contributed by atoms with Crippen molar-refractivity contribution in [2.75, 3.05) is 0 Å². The van der Waals surface area contributed by atoms with E-state index in [1.807, 2.05) is 49.4 Å². The van der Waals surface area contributed by atoms with Gasteiger partial charge in [-0.2, -0.15) is 0 Å². The van der Waals surface area contributed by atoms with Crippen LogP contribution in [0.3, 0.4) is 0 Å². The number of hydrogen-bond donors (Lipinski definition) is 1. The number of benzene rings is 2. The molecule has 1 saturated carbocycles. The van der Waals surface area contributed by atoms with Crippen LogP contribution < -0.4 is 5.43 Å². The molecule has 0 amide bonds. The van der Waals surface area contributed by atoms with Crippen LogP contribution in [0, 0.1) is 6.92 Å². The maximum absolute atomic E-state index is 13.2. The third-order valence-corrected chi connectivity index (χ3v) is 8.20. The fraction of sp³-hybridized carbons (Fsp3) is 0.179. The van der Waals surface area contributed by atoms with Crippen molar-refractivity contribution in [1.82, 2.24) is 15.0 Å². The lowest BCUT2D eigenvalue weighted by Crippen LogP contribution is -2.12. The minimum atomic E-state index is -1.05. The molecule has 1 N–H and O–H groups in total. The molecule has 168 valence electrons. The largest absolute Gasteiger partial charge is 0.346 e. The summed E-state index contributed by atoms with van der Waals surface area (Å²) < 4.78 is 13.2. The lowest BCUT2D eigenvalue weighted by atomic mass is 9.91. The van der Waals surface area contributed by atoms with Crippen LogP contribution >= 0.6 is 0 Å². The third-order valence-electron chi connectivity index (χ3n) is 6.42. The Balaban J connectivity index is 1.74. The van der Waals surface area contributed by atoms with Crippen molar-refractivity contribution in [1.29, 1.82) is 0 Å². The second kappa shape index (κ2) is 8.29. The van der Waals surface area contributed by atoms with E-state index in [4.69, 9.17) is 4.98 Å². The third kappa shape index (κ3) is 3.64. The second-order valence-electron chi connectivity index (χ2n) is 8.84. The molecule has 2 aromatic carbocycles. The second-order valence-corrected chi connectivity index (χ2v) is 10.6. The average molecular weight is 466 g/mol. The van der Waals surface area contributed by atoms with Crippen LogP contribution in [0.15, 0.2) is 77.9 Å². The normalized spacial score (nSPS) is 14.5. The maximum Gasteiger partial charge on any atom is 0.191 e. The molecule has 5 nitrogen and oxygen atoms in total. The van der Waals surface area contributed by atoms with Crippen molar-refractivity contribution in [3.05, 3.63) is 94.4 Å². The van der Waals surface area contributed by atoms with Gasteiger partial charge in [0.1, 0.15) is 5.65 Å². The molecule has 3 aromatic heterocycles. The number of pyridine rings is 3. The van der Waals surface area contributed by atoms with E-state index >= 15 is 0 Å². The molecular formula is C28H23N3O2S. The average Bonchev–Trinajstić information content (AvgIpc) is 3.70. The summed E-state index contributed by atoms with van der Waals surface area (Å²) in [6.07, 6.45) is 5.38. The summed E-state index contributed by atoms with van der Waals surface area (Å²) in [6, 6.07) is 19.7. The first-order chi connectivity index (χ1) is 16.6. The highest BCUT2D eigenvalue weighted by Gasteiger charge is 2.30. The quantitative estimate of drug-likeness (QED) is 0.371. The molecule has 0 spiro atoms. The zero-order chi connectivity index (χ0) is 23.2. The van der Waals surface area contributed by atoms with Gasteiger partial charge in [-0.05, 0) is 54.7 Å². The smallest absolute Gasteiger partial charge is 0.191 e. The van der Waals surface area contributed by atoms with E-state index in [0.29, 0.717) is 16.8 Å². The lowest BCUT2D eigenvalue weighted by Gasteiger charge is -2.18. The first-order valence-corrected chi connectivity index (χ1v) is 12.8. The zero-order valence-corrected chi connectivity index (χ0v) is 19.6. The molecule has 1 fully saturated rings. The van der Waals surface area contributed by atoms with Crippen molar-refractivity contribution in [2.45, 2.75) is 30.8 Å².